The first-order chi connectivity index (χ1) is 10.1. The summed E-state index contributed by atoms with van der Waals surface area (Å²) in [6.45, 7) is 2.63. The molecule has 0 spiro atoms. The molecule has 0 aliphatic carbocycles. The van der Waals surface area contributed by atoms with Gasteiger partial charge in [-0.1, -0.05) is 18.2 Å². The molecular formula is C15H18N2O3S. The minimum atomic E-state index is -0.912. The van der Waals surface area contributed by atoms with Gasteiger partial charge in [0.25, 0.3) is 0 Å². The molecule has 5 nitrogen and oxygen atoms in total. The third-order valence-corrected chi connectivity index (χ3v) is 5.37. The van der Waals surface area contributed by atoms with E-state index in [0.29, 0.717) is 12.2 Å². The van der Waals surface area contributed by atoms with Crippen LogP contribution in [0.2, 0.25) is 0 Å². The normalized spacial score (nSPS) is 27.3. The molecule has 0 bridgehead atoms. The quantitative estimate of drug-likeness (QED) is 0.893. The minimum absolute atomic E-state index is 0.0663. The van der Waals surface area contributed by atoms with Crippen LogP contribution < -0.4 is 5.32 Å². The highest BCUT2D eigenvalue weighted by Crippen LogP contribution is 2.36. The van der Waals surface area contributed by atoms with Crippen LogP contribution in [0.5, 0.6) is 0 Å². The number of nitrogens with one attached hydrogen (secondary N) is 1. The minimum Gasteiger partial charge on any atom is -0.480 e. The smallest absolute Gasteiger partial charge is 0.327 e. The highest BCUT2D eigenvalue weighted by molar-refractivity contribution is 8.00. The van der Waals surface area contributed by atoms with E-state index in [1.54, 1.807) is 0 Å². The number of carboxylic acid groups (broad SMARTS) is 1. The molecule has 0 aromatic heterocycles. The topological polar surface area (TPSA) is 69.6 Å². The van der Waals surface area contributed by atoms with Crippen molar-refractivity contribution in [3.05, 3.63) is 29.8 Å². The molecule has 3 rings (SSSR count). The van der Waals surface area contributed by atoms with Crippen molar-refractivity contribution in [2.45, 2.75) is 30.7 Å². The Bertz CT molecular complexity index is 578. The Balaban J connectivity index is 1.74. The lowest BCUT2D eigenvalue weighted by Gasteiger charge is -2.26. The highest BCUT2D eigenvalue weighted by Gasteiger charge is 2.40. The van der Waals surface area contributed by atoms with Crippen molar-refractivity contribution in [2.24, 2.45) is 0 Å². The summed E-state index contributed by atoms with van der Waals surface area (Å²) in [5, 5.41) is 12.5. The molecule has 1 aromatic carbocycles. The number of anilines is 1. The number of carbonyl (C=O) groups excluding carboxylic acids is 1. The molecule has 6 heteroatoms. The fraction of sp³-hybridized carbons (Fsp3) is 0.467. The van der Waals surface area contributed by atoms with E-state index in [9.17, 15) is 14.7 Å². The number of carboxylic acids is 1. The Hall–Kier alpha value is -1.69. The van der Waals surface area contributed by atoms with Crippen LogP contribution in [0, 0.1) is 0 Å². The summed E-state index contributed by atoms with van der Waals surface area (Å²) in [4.78, 5) is 25.4. The van der Waals surface area contributed by atoms with Crippen molar-refractivity contribution in [1.82, 2.24) is 4.90 Å². The number of hydrogen-bond donors (Lipinski definition) is 2. The SMILES string of the molecule is CC1SCC(C(=O)O)N1C(=O)CC1CNc2ccccc21. The number of fused-ring (bicyclic) bond motifs is 1. The molecule has 1 fully saturated rings. The number of para-hydroxylation sites is 1. The summed E-state index contributed by atoms with van der Waals surface area (Å²) in [7, 11) is 0. The largest absolute Gasteiger partial charge is 0.480 e. The molecule has 1 amide bonds. The standard InChI is InChI=1S/C15H18N2O3S/c1-9-17(13(8-21-9)15(19)20)14(18)6-10-7-16-12-5-3-2-4-11(10)12/h2-5,9-10,13,16H,6-8H2,1H3,(H,19,20). The van der Waals surface area contributed by atoms with Gasteiger partial charge in [0.2, 0.25) is 5.91 Å². The molecule has 2 N–H and O–H groups in total. The van der Waals surface area contributed by atoms with Gasteiger partial charge in [-0.3, -0.25) is 4.79 Å². The Morgan fingerprint density at radius 1 is 1.43 bits per heavy atom. The number of benzene rings is 1. The van der Waals surface area contributed by atoms with E-state index in [1.807, 2.05) is 31.2 Å². The Labute approximate surface area is 127 Å². The maximum absolute atomic E-state index is 12.6. The number of hydrogen-bond acceptors (Lipinski definition) is 4. The number of aliphatic carboxylic acids is 1. The number of thioether (sulfide) groups is 1. The van der Waals surface area contributed by atoms with Crippen LogP contribution in [0.15, 0.2) is 24.3 Å². The third kappa shape index (κ3) is 2.60. The molecule has 112 valence electrons. The second-order valence-corrected chi connectivity index (χ2v) is 6.81. The molecule has 21 heavy (non-hydrogen) atoms. The number of nitrogens with zero attached hydrogens (tertiary/aromatic N) is 1. The van der Waals surface area contributed by atoms with Crippen LogP contribution in [0.3, 0.4) is 0 Å². The van der Waals surface area contributed by atoms with Crippen LogP contribution >= 0.6 is 11.8 Å². The molecule has 0 radical (unpaired) electrons. The molecule has 2 aliphatic heterocycles. The van der Waals surface area contributed by atoms with Crippen molar-refractivity contribution >= 4 is 29.3 Å². The van der Waals surface area contributed by atoms with Crippen LogP contribution in [0.4, 0.5) is 5.69 Å². The molecule has 3 atom stereocenters. The van der Waals surface area contributed by atoms with Gasteiger partial charge in [0.1, 0.15) is 6.04 Å². The van der Waals surface area contributed by atoms with Gasteiger partial charge in [-0.2, -0.15) is 0 Å². The maximum Gasteiger partial charge on any atom is 0.327 e. The van der Waals surface area contributed by atoms with E-state index in [0.717, 1.165) is 17.8 Å². The monoisotopic (exact) mass is 306 g/mol. The number of carbonyl (C=O) groups is 2. The molecule has 0 saturated carbocycles. The fourth-order valence-electron chi connectivity index (χ4n) is 3.07. The second-order valence-electron chi connectivity index (χ2n) is 5.46. The first-order valence-electron chi connectivity index (χ1n) is 7.06. The molecule has 2 aliphatic rings. The summed E-state index contributed by atoms with van der Waals surface area (Å²) in [5.41, 5.74) is 2.23. The predicted octanol–water partition coefficient (Wildman–Crippen LogP) is 1.96. The van der Waals surface area contributed by atoms with Crippen molar-refractivity contribution in [1.29, 1.82) is 0 Å². The molecule has 3 unspecified atom stereocenters. The van der Waals surface area contributed by atoms with Crippen molar-refractivity contribution < 1.29 is 14.7 Å². The highest BCUT2D eigenvalue weighted by atomic mass is 32.2. The predicted molar refractivity (Wildman–Crippen MR) is 82.5 cm³/mol. The van der Waals surface area contributed by atoms with Gasteiger partial charge in [0.15, 0.2) is 0 Å². The summed E-state index contributed by atoms with van der Waals surface area (Å²) in [6.07, 6.45) is 0.360. The Morgan fingerprint density at radius 3 is 2.95 bits per heavy atom. The first-order valence-corrected chi connectivity index (χ1v) is 8.11. The third-order valence-electron chi connectivity index (χ3n) is 4.16. The van der Waals surface area contributed by atoms with E-state index >= 15 is 0 Å². The van der Waals surface area contributed by atoms with E-state index in [-0.39, 0.29) is 17.2 Å². The van der Waals surface area contributed by atoms with Crippen LogP contribution in [-0.4, -0.2) is 45.6 Å². The van der Waals surface area contributed by atoms with Crippen molar-refractivity contribution in [3.63, 3.8) is 0 Å². The molecule has 1 aromatic rings. The van der Waals surface area contributed by atoms with E-state index in [2.05, 4.69) is 5.32 Å². The summed E-state index contributed by atoms with van der Waals surface area (Å²) in [6, 6.07) is 7.29. The zero-order valence-corrected chi connectivity index (χ0v) is 12.6. The van der Waals surface area contributed by atoms with Crippen LogP contribution in [0.25, 0.3) is 0 Å². The van der Waals surface area contributed by atoms with Gasteiger partial charge < -0.3 is 15.3 Å². The lowest BCUT2D eigenvalue weighted by Crippen LogP contribution is -2.45. The lowest BCUT2D eigenvalue weighted by molar-refractivity contribution is -0.149. The van der Waals surface area contributed by atoms with Gasteiger partial charge in [0.05, 0.1) is 5.37 Å². The molecule has 1 saturated heterocycles. The number of rotatable bonds is 3. The summed E-state index contributed by atoms with van der Waals surface area (Å²) in [5.74, 6) is -0.378. The Kier molecular flexibility index (Phi) is 3.80. The van der Waals surface area contributed by atoms with Gasteiger partial charge in [0, 0.05) is 30.3 Å². The van der Waals surface area contributed by atoms with Gasteiger partial charge in [-0.05, 0) is 18.6 Å². The van der Waals surface area contributed by atoms with Crippen molar-refractivity contribution in [2.75, 3.05) is 17.6 Å². The maximum atomic E-state index is 12.6. The van der Waals surface area contributed by atoms with E-state index in [4.69, 9.17) is 0 Å². The molecule has 2 heterocycles. The van der Waals surface area contributed by atoms with Gasteiger partial charge in [-0.15, -0.1) is 11.8 Å². The van der Waals surface area contributed by atoms with Crippen molar-refractivity contribution in [3.8, 4) is 0 Å². The molecular weight excluding hydrogens is 288 g/mol. The second kappa shape index (κ2) is 5.60. The van der Waals surface area contributed by atoms with Crippen LogP contribution in [0.1, 0.15) is 24.8 Å². The van der Waals surface area contributed by atoms with Crippen LogP contribution in [-0.2, 0) is 9.59 Å². The summed E-state index contributed by atoms with van der Waals surface area (Å²) < 4.78 is 0. The summed E-state index contributed by atoms with van der Waals surface area (Å²) >= 11 is 1.52. The zero-order chi connectivity index (χ0) is 15.0. The van der Waals surface area contributed by atoms with Gasteiger partial charge >= 0.3 is 5.97 Å². The zero-order valence-electron chi connectivity index (χ0n) is 11.8. The fourth-order valence-corrected chi connectivity index (χ4v) is 4.26. The average Bonchev–Trinajstić information content (AvgIpc) is 3.03. The first kappa shape index (κ1) is 14.3. The van der Waals surface area contributed by atoms with E-state index in [1.165, 1.54) is 16.7 Å². The average molecular weight is 306 g/mol. The lowest BCUT2D eigenvalue weighted by atomic mass is 9.97. The number of amides is 1. The Morgan fingerprint density at radius 2 is 2.19 bits per heavy atom. The van der Waals surface area contributed by atoms with E-state index < -0.39 is 12.0 Å². The van der Waals surface area contributed by atoms with Gasteiger partial charge in [-0.25, -0.2) is 4.79 Å².